The van der Waals surface area contributed by atoms with E-state index in [1.807, 2.05) is 0 Å². The van der Waals surface area contributed by atoms with Gasteiger partial charge in [-0.15, -0.1) is 0 Å². The maximum atomic E-state index is 12.1. The number of hydrogen-bond donors (Lipinski definition) is 1. The van der Waals surface area contributed by atoms with E-state index in [0.717, 1.165) is 25.7 Å². The van der Waals surface area contributed by atoms with E-state index in [0.29, 0.717) is 0 Å². The van der Waals surface area contributed by atoms with Gasteiger partial charge in [0.25, 0.3) is 0 Å². The lowest BCUT2D eigenvalue weighted by molar-refractivity contribution is -0.154. The fourth-order valence-electron chi connectivity index (χ4n) is 2.73. The lowest BCUT2D eigenvalue weighted by atomic mass is 10.1. The maximum absolute atomic E-state index is 12.1. The normalized spacial score (nSPS) is 17.1. The van der Waals surface area contributed by atoms with E-state index >= 15 is 0 Å². The Morgan fingerprint density at radius 1 is 1.30 bits per heavy atom. The number of alkyl carbamates (subject to hydrolysis) is 1. The summed E-state index contributed by atoms with van der Waals surface area (Å²) in [5, 5.41) is 6.90. The molecule has 128 valence electrons. The van der Waals surface area contributed by atoms with Crippen LogP contribution in [0.1, 0.15) is 45.4 Å². The molecule has 0 aliphatic heterocycles. The van der Waals surface area contributed by atoms with Crippen LogP contribution in [-0.4, -0.2) is 40.6 Å². The molecule has 1 N–H and O–H groups in total. The van der Waals surface area contributed by atoms with Crippen LogP contribution < -0.4 is 5.32 Å². The van der Waals surface area contributed by atoms with E-state index < -0.39 is 18.2 Å². The van der Waals surface area contributed by atoms with E-state index in [-0.39, 0.29) is 19.2 Å². The zero-order valence-corrected chi connectivity index (χ0v) is 13.6. The van der Waals surface area contributed by atoms with Gasteiger partial charge in [-0.25, -0.2) is 9.59 Å². The summed E-state index contributed by atoms with van der Waals surface area (Å²) in [5.74, 6) is -0.556. The Morgan fingerprint density at radius 3 is 2.65 bits per heavy atom. The Morgan fingerprint density at radius 2 is 2.04 bits per heavy atom. The second-order valence-electron chi connectivity index (χ2n) is 5.71. The zero-order valence-electron chi connectivity index (χ0n) is 13.6. The van der Waals surface area contributed by atoms with Crippen molar-refractivity contribution in [1.82, 2.24) is 15.1 Å². The molecule has 1 aromatic rings. The van der Waals surface area contributed by atoms with Gasteiger partial charge >= 0.3 is 12.1 Å². The highest BCUT2D eigenvalue weighted by Gasteiger charge is 2.26. The van der Waals surface area contributed by atoms with Crippen LogP contribution >= 0.6 is 0 Å². The quantitative estimate of drug-likeness (QED) is 0.641. The van der Waals surface area contributed by atoms with Crippen molar-refractivity contribution in [3.63, 3.8) is 0 Å². The van der Waals surface area contributed by atoms with Gasteiger partial charge in [-0.05, 0) is 25.8 Å². The average Bonchev–Trinajstić information content (AvgIpc) is 2.90. The molecule has 1 amide bonds. The molecule has 1 aliphatic carbocycles. The highest BCUT2D eigenvalue weighted by atomic mass is 16.6. The lowest BCUT2D eigenvalue weighted by Gasteiger charge is -2.20. The smallest absolute Gasteiger partial charge is 0.408 e. The maximum Gasteiger partial charge on any atom is 0.408 e. The highest BCUT2D eigenvalue weighted by Crippen LogP contribution is 2.17. The lowest BCUT2D eigenvalue weighted by Crippen LogP contribution is -2.41. The minimum absolute atomic E-state index is 0.123. The third-order valence-electron chi connectivity index (χ3n) is 3.89. The first kappa shape index (κ1) is 17.3. The number of hydrogen-bond acceptors (Lipinski definition) is 5. The Balaban J connectivity index is 1.89. The van der Waals surface area contributed by atoms with Gasteiger partial charge in [-0.3, -0.25) is 4.68 Å². The number of nitrogens with zero attached hydrogens (tertiary/aromatic N) is 2. The summed E-state index contributed by atoms with van der Waals surface area (Å²) in [6, 6.07) is 1.87. The molecule has 1 saturated carbocycles. The van der Waals surface area contributed by atoms with Crippen molar-refractivity contribution < 1.29 is 19.1 Å². The molecule has 1 aromatic heterocycles. The summed E-state index contributed by atoms with van der Waals surface area (Å²) in [7, 11) is 0. The van der Waals surface area contributed by atoms with Crippen LogP contribution in [0.25, 0.3) is 0 Å². The van der Waals surface area contributed by atoms with Crippen molar-refractivity contribution >= 4 is 12.1 Å². The van der Waals surface area contributed by atoms with E-state index in [4.69, 9.17) is 9.47 Å². The molecule has 1 fully saturated rings. The Kier molecular flexibility index (Phi) is 6.90. The van der Waals surface area contributed by atoms with Crippen molar-refractivity contribution in [2.24, 2.45) is 0 Å². The Labute approximate surface area is 136 Å². The van der Waals surface area contributed by atoms with Gasteiger partial charge in [0.2, 0.25) is 6.10 Å². The molecule has 0 radical (unpaired) electrons. The molecule has 1 atom stereocenters. The number of aromatic nitrogens is 2. The first-order chi connectivity index (χ1) is 11.2. The first-order valence-electron chi connectivity index (χ1n) is 8.30. The minimum atomic E-state index is -0.999. The van der Waals surface area contributed by atoms with Gasteiger partial charge < -0.3 is 14.8 Å². The predicted molar refractivity (Wildman–Crippen MR) is 83.8 cm³/mol. The van der Waals surface area contributed by atoms with Crippen LogP contribution in [0.4, 0.5) is 4.79 Å². The zero-order chi connectivity index (χ0) is 16.5. The van der Waals surface area contributed by atoms with Crippen molar-refractivity contribution in [2.45, 2.75) is 64.1 Å². The molecule has 1 unspecified atom stereocenters. The average molecular weight is 323 g/mol. The molecule has 0 aromatic carbocycles. The van der Waals surface area contributed by atoms with E-state index in [2.05, 4.69) is 10.4 Å². The summed E-state index contributed by atoms with van der Waals surface area (Å²) in [6.45, 7) is 2.10. The summed E-state index contributed by atoms with van der Waals surface area (Å²) < 4.78 is 11.8. The molecule has 2 rings (SSSR count). The topological polar surface area (TPSA) is 82.5 Å². The van der Waals surface area contributed by atoms with Crippen molar-refractivity contribution in [3.8, 4) is 0 Å². The van der Waals surface area contributed by atoms with Gasteiger partial charge in [0.15, 0.2) is 0 Å². The van der Waals surface area contributed by atoms with Crippen molar-refractivity contribution in [2.75, 3.05) is 6.61 Å². The fourth-order valence-corrected chi connectivity index (χ4v) is 2.73. The monoisotopic (exact) mass is 323 g/mol. The van der Waals surface area contributed by atoms with Crippen LogP contribution in [0.2, 0.25) is 0 Å². The van der Waals surface area contributed by atoms with Crippen molar-refractivity contribution in [1.29, 1.82) is 0 Å². The summed E-state index contributed by atoms with van der Waals surface area (Å²) in [5.41, 5.74) is 0. The summed E-state index contributed by atoms with van der Waals surface area (Å²) in [6.07, 6.45) is 8.29. The number of nitrogens with one attached hydrogen (secondary N) is 1. The van der Waals surface area contributed by atoms with Gasteiger partial charge in [0.05, 0.1) is 13.2 Å². The predicted octanol–water partition coefficient (Wildman–Crippen LogP) is 2.26. The van der Waals surface area contributed by atoms with Gasteiger partial charge in [0.1, 0.15) is 0 Å². The van der Waals surface area contributed by atoms with Gasteiger partial charge in [0, 0.05) is 18.4 Å². The molecule has 0 saturated heterocycles. The fraction of sp³-hybridized carbons (Fsp3) is 0.688. The molecule has 0 bridgehead atoms. The number of ether oxygens (including phenoxy) is 2. The SMILES string of the molecule is CCOC(=O)C(Cn1cccn1)OC(=O)NC1CCCCCC1. The highest BCUT2D eigenvalue weighted by molar-refractivity contribution is 5.78. The number of carbonyl (C=O) groups excluding carboxylic acids is 2. The van der Waals surface area contributed by atoms with Crippen molar-refractivity contribution in [3.05, 3.63) is 18.5 Å². The Hall–Kier alpha value is -2.05. The molecule has 0 spiro atoms. The van der Waals surface area contributed by atoms with Gasteiger partial charge in [-0.1, -0.05) is 25.7 Å². The minimum Gasteiger partial charge on any atom is -0.463 e. The van der Waals surface area contributed by atoms with E-state index in [1.54, 1.807) is 30.1 Å². The summed E-state index contributed by atoms with van der Waals surface area (Å²) in [4.78, 5) is 24.1. The third-order valence-corrected chi connectivity index (χ3v) is 3.89. The third kappa shape index (κ3) is 5.92. The molecular weight excluding hydrogens is 298 g/mol. The first-order valence-corrected chi connectivity index (χ1v) is 8.30. The number of esters is 1. The second-order valence-corrected chi connectivity index (χ2v) is 5.71. The number of amides is 1. The van der Waals surface area contributed by atoms with Crippen LogP contribution in [-0.2, 0) is 20.8 Å². The van der Waals surface area contributed by atoms with E-state index in [1.165, 1.54) is 12.8 Å². The Bertz CT molecular complexity index is 482. The van der Waals surface area contributed by atoms with Crippen LogP contribution in [0, 0.1) is 0 Å². The number of carbonyl (C=O) groups is 2. The van der Waals surface area contributed by atoms with Crippen LogP contribution in [0.3, 0.4) is 0 Å². The standard InChI is InChI=1S/C16H25N3O4/c1-2-22-15(20)14(12-19-11-7-10-17-19)23-16(21)18-13-8-5-3-4-6-9-13/h7,10-11,13-14H,2-6,8-9,12H2,1H3,(H,18,21). The largest absolute Gasteiger partial charge is 0.463 e. The molecular formula is C16H25N3O4. The van der Waals surface area contributed by atoms with E-state index in [9.17, 15) is 9.59 Å². The molecule has 7 nitrogen and oxygen atoms in total. The number of rotatable bonds is 6. The van der Waals surface area contributed by atoms with Crippen LogP contribution in [0.5, 0.6) is 0 Å². The van der Waals surface area contributed by atoms with Gasteiger partial charge in [-0.2, -0.15) is 5.10 Å². The second kappa shape index (κ2) is 9.17. The van der Waals surface area contributed by atoms with Crippen LogP contribution in [0.15, 0.2) is 18.5 Å². The summed E-state index contributed by atoms with van der Waals surface area (Å²) >= 11 is 0. The molecule has 23 heavy (non-hydrogen) atoms. The molecule has 7 heteroatoms. The molecule has 1 aliphatic rings. The molecule has 1 heterocycles.